The first-order chi connectivity index (χ1) is 11.6. The van der Waals surface area contributed by atoms with Gasteiger partial charge < -0.3 is 14.7 Å². The zero-order valence-corrected chi connectivity index (χ0v) is 13.4. The molecule has 1 atom stereocenters. The van der Waals surface area contributed by atoms with Crippen LogP contribution in [0.5, 0.6) is 0 Å². The van der Waals surface area contributed by atoms with E-state index in [2.05, 4.69) is 0 Å². The van der Waals surface area contributed by atoms with Crippen LogP contribution in [0.3, 0.4) is 0 Å². The molecule has 0 radical (unpaired) electrons. The molecule has 0 saturated heterocycles. The van der Waals surface area contributed by atoms with Crippen molar-refractivity contribution in [1.29, 1.82) is 0 Å². The zero-order valence-electron chi connectivity index (χ0n) is 13.4. The summed E-state index contributed by atoms with van der Waals surface area (Å²) in [5.74, 6) is -0.931. The number of hydrogen-bond acceptors (Lipinski definition) is 3. The molecular weight excluding hydrogens is 306 g/mol. The molecule has 1 amide bonds. The van der Waals surface area contributed by atoms with E-state index in [-0.39, 0.29) is 18.7 Å². The average Bonchev–Trinajstić information content (AvgIpc) is 2.59. The summed E-state index contributed by atoms with van der Waals surface area (Å²) >= 11 is 0. The molecule has 124 valence electrons. The van der Waals surface area contributed by atoms with Crippen molar-refractivity contribution in [2.45, 2.75) is 32.5 Å². The van der Waals surface area contributed by atoms with E-state index in [0.29, 0.717) is 18.5 Å². The Balaban J connectivity index is 1.73. The number of fused-ring (bicyclic) bond motifs is 1. The van der Waals surface area contributed by atoms with Crippen molar-refractivity contribution in [3.05, 3.63) is 70.8 Å². The summed E-state index contributed by atoms with van der Waals surface area (Å²) in [4.78, 5) is 25.4. The molecule has 3 rings (SSSR count). The summed E-state index contributed by atoms with van der Waals surface area (Å²) in [7, 11) is 0. The lowest BCUT2D eigenvalue weighted by Crippen LogP contribution is -2.43. The van der Waals surface area contributed by atoms with Crippen LogP contribution in [0.15, 0.2) is 48.5 Å². The lowest BCUT2D eigenvalue weighted by molar-refractivity contribution is 0.0690. The van der Waals surface area contributed by atoms with Gasteiger partial charge in [0.1, 0.15) is 6.61 Å². The third-order valence-corrected chi connectivity index (χ3v) is 4.32. The summed E-state index contributed by atoms with van der Waals surface area (Å²) < 4.78 is 5.40. The van der Waals surface area contributed by atoms with Crippen LogP contribution in [0, 0.1) is 0 Å². The summed E-state index contributed by atoms with van der Waals surface area (Å²) in [5.41, 5.74) is 2.93. The van der Waals surface area contributed by atoms with Crippen LogP contribution in [0.4, 0.5) is 4.79 Å². The van der Waals surface area contributed by atoms with E-state index in [1.807, 2.05) is 43.3 Å². The van der Waals surface area contributed by atoms with Crippen molar-refractivity contribution in [2.24, 2.45) is 0 Å². The van der Waals surface area contributed by atoms with Crippen molar-refractivity contribution in [3.8, 4) is 0 Å². The van der Waals surface area contributed by atoms with Gasteiger partial charge in [-0.3, -0.25) is 0 Å². The molecule has 2 aromatic carbocycles. The lowest BCUT2D eigenvalue weighted by atomic mass is 9.91. The van der Waals surface area contributed by atoms with Crippen LogP contribution in [0.2, 0.25) is 0 Å². The van der Waals surface area contributed by atoms with Gasteiger partial charge >= 0.3 is 12.1 Å². The molecule has 0 spiro atoms. The first kappa shape index (κ1) is 16.1. The fraction of sp³-hybridized carbons (Fsp3) is 0.263. The summed E-state index contributed by atoms with van der Waals surface area (Å²) in [6.45, 7) is 2.50. The van der Waals surface area contributed by atoms with Crippen LogP contribution < -0.4 is 0 Å². The maximum Gasteiger partial charge on any atom is 0.410 e. The first-order valence-corrected chi connectivity index (χ1v) is 7.87. The standard InChI is InChI=1S/C19H19NO4/c1-13-10-17-15(8-5-9-16(17)18(21)22)11-20(13)19(23)24-12-14-6-3-2-4-7-14/h2-9,13H,10-12H2,1H3,(H,21,22). The highest BCUT2D eigenvalue weighted by Gasteiger charge is 2.30. The average molecular weight is 325 g/mol. The number of ether oxygens (including phenoxy) is 1. The Morgan fingerprint density at radius 1 is 1.17 bits per heavy atom. The van der Waals surface area contributed by atoms with Crippen LogP contribution in [0.1, 0.15) is 34.0 Å². The number of rotatable bonds is 3. The van der Waals surface area contributed by atoms with Crippen LogP contribution >= 0.6 is 0 Å². The molecular formula is C19H19NO4. The van der Waals surface area contributed by atoms with Crippen molar-refractivity contribution in [1.82, 2.24) is 4.90 Å². The summed E-state index contributed by atoms with van der Waals surface area (Å²) in [6, 6.07) is 14.6. The van der Waals surface area contributed by atoms with Crippen molar-refractivity contribution in [3.63, 3.8) is 0 Å². The molecule has 1 aliphatic heterocycles. The molecule has 2 aromatic rings. The Kier molecular flexibility index (Phi) is 4.51. The van der Waals surface area contributed by atoms with Gasteiger partial charge in [0.2, 0.25) is 0 Å². The second-order valence-electron chi connectivity index (χ2n) is 5.97. The molecule has 0 aromatic heterocycles. The zero-order chi connectivity index (χ0) is 17.1. The predicted octanol–water partition coefficient (Wildman–Crippen LogP) is 3.47. The highest BCUT2D eigenvalue weighted by atomic mass is 16.6. The molecule has 1 N–H and O–H groups in total. The quantitative estimate of drug-likeness (QED) is 0.938. The smallest absolute Gasteiger partial charge is 0.410 e. The Bertz CT molecular complexity index is 757. The lowest BCUT2D eigenvalue weighted by Gasteiger charge is -2.34. The molecule has 0 aliphatic carbocycles. The third-order valence-electron chi connectivity index (χ3n) is 4.32. The van der Waals surface area contributed by atoms with E-state index in [4.69, 9.17) is 4.74 Å². The minimum atomic E-state index is -0.931. The minimum absolute atomic E-state index is 0.110. The number of nitrogens with zero attached hydrogens (tertiary/aromatic N) is 1. The molecule has 0 saturated carbocycles. The fourth-order valence-corrected chi connectivity index (χ4v) is 3.02. The van der Waals surface area contributed by atoms with Crippen molar-refractivity contribution >= 4 is 12.1 Å². The number of aromatic carboxylic acids is 1. The van der Waals surface area contributed by atoms with E-state index in [1.54, 1.807) is 17.0 Å². The molecule has 5 heteroatoms. The molecule has 1 heterocycles. The van der Waals surface area contributed by atoms with Crippen LogP contribution in [-0.2, 0) is 24.3 Å². The summed E-state index contributed by atoms with van der Waals surface area (Å²) in [5, 5.41) is 9.31. The molecule has 0 fully saturated rings. The number of carboxylic acids is 1. The third kappa shape index (κ3) is 3.25. The Labute approximate surface area is 140 Å². The Hall–Kier alpha value is -2.82. The van der Waals surface area contributed by atoms with Gasteiger partial charge in [-0.1, -0.05) is 42.5 Å². The molecule has 0 bridgehead atoms. The number of carbonyl (C=O) groups is 2. The Morgan fingerprint density at radius 2 is 1.92 bits per heavy atom. The SMILES string of the molecule is CC1Cc2c(cccc2C(=O)O)CN1C(=O)OCc1ccccc1. The van der Waals surface area contributed by atoms with E-state index in [1.165, 1.54) is 0 Å². The number of benzene rings is 2. The van der Waals surface area contributed by atoms with Gasteiger partial charge in [0.05, 0.1) is 5.56 Å². The number of carbonyl (C=O) groups excluding carboxylic acids is 1. The highest BCUT2D eigenvalue weighted by molar-refractivity contribution is 5.90. The van der Waals surface area contributed by atoms with E-state index in [0.717, 1.165) is 16.7 Å². The summed E-state index contributed by atoms with van der Waals surface area (Å²) in [6.07, 6.45) is 0.135. The first-order valence-electron chi connectivity index (χ1n) is 7.87. The number of carboxylic acid groups (broad SMARTS) is 1. The minimum Gasteiger partial charge on any atom is -0.478 e. The second-order valence-corrected chi connectivity index (χ2v) is 5.97. The normalized spacial score (nSPS) is 16.4. The number of hydrogen-bond donors (Lipinski definition) is 1. The topological polar surface area (TPSA) is 66.8 Å². The van der Waals surface area contributed by atoms with Gasteiger partial charge in [0.15, 0.2) is 0 Å². The van der Waals surface area contributed by atoms with Gasteiger partial charge in [0.25, 0.3) is 0 Å². The van der Waals surface area contributed by atoms with E-state index >= 15 is 0 Å². The predicted molar refractivity (Wildman–Crippen MR) is 88.7 cm³/mol. The van der Waals surface area contributed by atoms with Gasteiger partial charge in [-0.05, 0) is 36.1 Å². The fourth-order valence-electron chi connectivity index (χ4n) is 3.02. The maximum absolute atomic E-state index is 12.4. The Morgan fingerprint density at radius 3 is 2.62 bits per heavy atom. The van der Waals surface area contributed by atoms with Gasteiger partial charge in [-0.2, -0.15) is 0 Å². The van der Waals surface area contributed by atoms with Crippen LogP contribution in [-0.4, -0.2) is 28.1 Å². The molecule has 1 unspecified atom stereocenters. The molecule has 5 nitrogen and oxygen atoms in total. The number of amides is 1. The van der Waals surface area contributed by atoms with E-state index in [9.17, 15) is 14.7 Å². The van der Waals surface area contributed by atoms with E-state index < -0.39 is 5.97 Å². The maximum atomic E-state index is 12.4. The largest absolute Gasteiger partial charge is 0.478 e. The molecule has 1 aliphatic rings. The van der Waals surface area contributed by atoms with Gasteiger partial charge in [0, 0.05) is 12.6 Å². The van der Waals surface area contributed by atoms with Crippen molar-refractivity contribution < 1.29 is 19.4 Å². The van der Waals surface area contributed by atoms with Gasteiger partial charge in [-0.15, -0.1) is 0 Å². The second kappa shape index (κ2) is 6.74. The van der Waals surface area contributed by atoms with Crippen LogP contribution in [0.25, 0.3) is 0 Å². The van der Waals surface area contributed by atoms with Gasteiger partial charge in [-0.25, -0.2) is 9.59 Å². The molecule has 24 heavy (non-hydrogen) atoms. The monoisotopic (exact) mass is 325 g/mol. The highest BCUT2D eigenvalue weighted by Crippen LogP contribution is 2.27. The van der Waals surface area contributed by atoms with Crippen molar-refractivity contribution in [2.75, 3.05) is 0 Å².